The molecule has 3 nitrogen and oxygen atoms in total. The minimum Gasteiger partial charge on any atom is -0.393 e. The number of hydrogen-bond donors (Lipinski definition) is 1. The fourth-order valence-electron chi connectivity index (χ4n) is 3.10. The Labute approximate surface area is 115 Å². The number of amides is 1. The third-order valence-electron chi connectivity index (χ3n) is 4.32. The molecule has 0 aliphatic heterocycles. The van der Waals surface area contributed by atoms with Gasteiger partial charge in [0.2, 0.25) is 5.91 Å². The summed E-state index contributed by atoms with van der Waals surface area (Å²) < 4.78 is 0. The fraction of sp³-hybridized carbons (Fsp3) is 0.562. The number of aliphatic hydroxyl groups excluding tert-OH is 1. The molecule has 1 aliphatic rings. The largest absolute Gasteiger partial charge is 0.393 e. The van der Waals surface area contributed by atoms with Gasteiger partial charge in [-0.15, -0.1) is 0 Å². The number of likely N-dealkylation sites (N-methyl/N-ethyl adjacent to an activating group) is 1. The average Bonchev–Trinajstić information content (AvgIpc) is 3.18. The molecule has 0 aromatic heterocycles. The molecule has 2 rings (SSSR count). The van der Waals surface area contributed by atoms with Crippen molar-refractivity contribution in [1.29, 1.82) is 0 Å². The van der Waals surface area contributed by atoms with Gasteiger partial charge in [-0.25, -0.2) is 0 Å². The molecule has 1 N–H and O–H groups in total. The third-order valence-corrected chi connectivity index (χ3v) is 4.32. The highest BCUT2D eigenvalue weighted by Crippen LogP contribution is 2.57. The van der Waals surface area contributed by atoms with Gasteiger partial charge in [0.1, 0.15) is 0 Å². The average molecular weight is 261 g/mol. The van der Waals surface area contributed by atoms with Crippen molar-refractivity contribution in [1.82, 2.24) is 4.90 Å². The Morgan fingerprint density at radius 3 is 2.37 bits per heavy atom. The van der Waals surface area contributed by atoms with Gasteiger partial charge < -0.3 is 10.0 Å². The van der Waals surface area contributed by atoms with Gasteiger partial charge in [0.15, 0.2) is 0 Å². The zero-order chi connectivity index (χ0) is 14.0. The minimum atomic E-state index is -0.499. The maximum absolute atomic E-state index is 12.8. The van der Waals surface area contributed by atoms with E-state index in [9.17, 15) is 9.90 Å². The first kappa shape index (κ1) is 14.1. The zero-order valence-corrected chi connectivity index (χ0v) is 12.0. The second-order valence-corrected chi connectivity index (χ2v) is 5.37. The molecule has 1 fully saturated rings. The predicted molar refractivity (Wildman–Crippen MR) is 75.8 cm³/mol. The second-order valence-electron chi connectivity index (χ2n) is 5.37. The Bertz CT molecular complexity index is 439. The molecule has 0 bridgehead atoms. The Morgan fingerprint density at radius 2 is 1.95 bits per heavy atom. The molecule has 1 amide bonds. The maximum Gasteiger partial charge on any atom is 0.233 e. The van der Waals surface area contributed by atoms with Gasteiger partial charge >= 0.3 is 0 Å². The molecule has 1 aliphatic carbocycles. The highest BCUT2D eigenvalue weighted by Gasteiger charge is 2.63. The molecule has 0 heterocycles. The number of carbonyl (C=O) groups is 1. The van der Waals surface area contributed by atoms with Crippen molar-refractivity contribution in [3.8, 4) is 0 Å². The SMILES string of the molecule is CCN(CC)C(=O)[C@@]1(c2ccccc2)C[C@H]1[C@H](C)O. The first-order valence-electron chi connectivity index (χ1n) is 7.10. The summed E-state index contributed by atoms with van der Waals surface area (Å²) in [6, 6.07) is 9.89. The lowest BCUT2D eigenvalue weighted by molar-refractivity contribution is -0.134. The summed E-state index contributed by atoms with van der Waals surface area (Å²) in [5, 5.41) is 9.89. The van der Waals surface area contributed by atoms with Crippen molar-refractivity contribution in [3.63, 3.8) is 0 Å². The molecule has 3 atom stereocenters. The molecule has 0 unspecified atom stereocenters. The van der Waals surface area contributed by atoms with Crippen molar-refractivity contribution in [2.75, 3.05) is 13.1 Å². The first-order valence-corrected chi connectivity index (χ1v) is 7.10. The van der Waals surface area contributed by atoms with E-state index in [1.807, 2.05) is 49.1 Å². The van der Waals surface area contributed by atoms with Crippen molar-refractivity contribution < 1.29 is 9.90 Å². The summed E-state index contributed by atoms with van der Waals surface area (Å²) in [4.78, 5) is 14.7. The van der Waals surface area contributed by atoms with Gasteiger partial charge in [0, 0.05) is 19.0 Å². The van der Waals surface area contributed by atoms with Crippen LogP contribution in [0.4, 0.5) is 0 Å². The molecule has 1 aromatic carbocycles. The van der Waals surface area contributed by atoms with E-state index >= 15 is 0 Å². The molecule has 3 heteroatoms. The van der Waals surface area contributed by atoms with Crippen LogP contribution in [0.15, 0.2) is 30.3 Å². The summed E-state index contributed by atoms with van der Waals surface area (Å²) in [5.41, 5.74) is 0.541. The lowest BCUT2D eigenvalue weighted by Crippen LogP contribution is -2.41. The van der Waals surface area contributed by atoms with E-state index in [1.165, 1.54) is 0 Å². The second kappa shape index (κ2) is 5.33. The van der Waals surface area contributed by atoms with E-state index in [0.717, 1.165) is 25.1 Å². The van der Waals surface area contributed by atoms with Gasteiger partial charge in [0.25, 0.3) is 0 Å². The monoisotopic (exact) mass is 261 g/mol. The van der Waals surface area contributed by atoms with E-state index in [4.69, 9.17) is 0 Å². The molecule has 1 aromatic rings. The molecule has 0 saturated heterocycles. The topological polar surface area (TPSA) is 40.5 Å². The highest BCUT2D eigenvalue weighted by molar-refractivity contribution is 5.92. The van der Waals surface area contributed by atoms with Crippen LogP contribution >= 0.6 is 0 Å². The molecule has 0 spiro atoms. The van der Waals surface area contributed by atoms with Crippen molar-refractivity contribution in [2.45, 2.75) is 38.7 Å². The van der Waals surface area contributed by atoms with Crippen molar-refractivity contribution in [2.24, 2.45) is 5.92 Å². The van der Waals surface area contributed by atoms with E-state index in [1.54, 1.807) is 6.92 Å². The molecular formula is C16H23NO2. The lowest BCUT2D eigenvalue weighted by atomic mass is 9.90. The summed E-state index contributed by atoms with van der Waals surface area (Å²) in [6.45, 7) is 7.22. The van der Waals surface area contributed by atoms with Gasteiger partial charge in [-0.3, -0.25) is 4.79 Å². The van der Waals surface area contributed by atoms with Crippen LogP contribution in [-0.4, -0.2) is 35.1 Å². The molecule has 1 saturated carbocycles. The van der Waals surface area contributed by atoms with Gasteiger partial charge in [-0.1, -0.05) is 30.3 Å². The van der Waals surface area contributed by atoms with Crippen LogP contribution in [0.5, 0.6) is 0 Å². The van der Waals surface area contributed by atoms with Crippen molar-refractivity contribution >= 4 is 5.91 Å². The summed E-state index contributed by atoms with van der Waals surface area (Å²) >= 11 is 0. The van der Waals surface area contributed by atoms with E-state index in [0.29, 0.717) is 0 Å². The Hall–Kier alpha value is -1.35. The van der Waals surface area contributed by atoms with Crippen molar-refractivity contribution in [3.05, 3.63) is 35.9 Å². The van der Waals surface area contributed by atoms with Crippen LogP contribution < -0.4 is 0 Å². The Balaban J connectivity index is 2.36. The smallest absolute Gasteiger partial charge is 0.233 e. The molecular weight excluding hydrogens is 238 g/mol. The number of hydrogen-bond acceptors (Lipinski definition) is 2. The van der Waals surface area contributed by atoms with Crippen LogP contribution in [0.3, 0.4) is 0 Å². The van der Waals surface area contributed by atoms with Gasteiger partial charge in [-0.05, 0) is 32.8 Å². The van der Waals surface area contributed by atoms with E-state index < -0.39 is 11.5 Å². The Morgan fingerprint density at radius 1 is 1.37 bits per heavy atom. The summed E-state index contributed by atoms with van der Waals surface area (Å²) in [7, 11) is 0. The minimum absolute atomic E-state index is 0.0444. The number of aliphatic hydroxyl groups is 1. The third kappa shape index (κ3) is 2.27. The number of carbonyl (C=O) groups excluding carboxylic acids is 1. The van der Waals surface area contributed by atoms with Crippen LogP contribution in [0.2, 0.25) is 0 Å². The van der Waals surface area contributed by atoms with Gasteiger partial charge in [-0.2, -0.15) is 0 Å². The van der Waals surface area contributed by atoms with Crippen LogP contribution in [0.1, 0.15) is 32.8 Å². The lowest BCUT2D eigenvalue weighted by Gasteiger charge is -2.27. The zero-order valence-electron chi connectivity index (χ0n) is 12.0. The van der Waals surface area contributed by atoms with Crippen LogP contribution in [0.25, 0.3) is 0 Å². The number of benzene rings is 1. The normalized spacial score (nSPS) is 26.8. The van der Waals surface area contributed by atoms with E-state index in [2.05, 4.69) is 0 Å². The first-order chi connectivity index (χ1) is 9.07. The molecule has 0 radical (unpaired) electrons. The Kier molecular flexibility index (Phi) is 3.95. The molecule has 19 heavy (non-hydrogen) atoms. The quantitative estimate of drug-likeness (QED) is 0.882. The van der Waals surface area contributed by atoms with Crippen LogP contribution in [0, 0.1) is 5.92 Å². The van der Waals surface area contributed by atoms with E-state index in [-0.39, 0.29) is 11.8 Å². The fourth-order valence-corrected chi connectivity index (χ4v) is 3.10. The number of nitrogens with zero attached hydrogens (tertiary/aromatic N) is 1. The predicted octanol–water partition coefficient (Wildman–Crippen LogP) is 2.19. The number of rotatable bonds is 5. The maximum atomic E-state index is 12.8. The summed E-state index contributed by atoms with van der Waals surface area (Å²) in [5.74, 6) is 0.206. The molecule has 104 valence electrons. The highest BCUT2D eigenvalue weighted by atomic mass is 16.3. The summed E-state index contributed by atoms with van der Waals surface area (Å²) in [6.07, 6.45) is 0.309. The standard InChI is InChI=1S/C16H23NO2/c1-4-17(5-2)15(19)16(11-14(16)12(3)18)13-9-7-6-8-10-13/h6-10,12,14,18H,4-5,11H2,1-3H3/t12-,14-,16+/m0/s1. The van der Waals surface area contributed by atoms with Crippen LogP contribution in [-0.2, 0) is 10.2 Å². The van der Waals surface area contributed by atoms with Gasteiger partial charge in [0.05, 0.1) is 11.5 Å².